The van der Waals surface area contributed by atoms with Crippen molar-refractivity contribution in [2.75, 3.05) is 5.32 Å². The van der Waals surface area contributed by atoms with Gasteiger partial charge in [0.2, 0.25) is 0 Å². The van der Waals surface area contributed by atoms with Crippen molar-refractivity contribution in [3.8, 4) is 0 Å². The summed E-state index contributed by atoms with van der Waals surface area (Å²) in [6, 6.07) is 16.3. The van der Waals surface area contributed by atoms with Crippen LogP contribution < -0.4 is 5.32 Å². The van der Waals surface area contributed by atoms with E-state index in [1.165, 1.54) is 11.1 Å². The molecule has 3 rings (SSSR count). The van der Waals surface area contributed by atoms with Crippen molar-refractivity contribution in [3.05, 3.63) is 70.9 Å². The van der Waals surface area contributed by atoms with Crippen molar-refractivity contribution in [3.63, 3.8) is 0 Å². The molecule has 1 N–H and O–H groups in total. The Morgan fingerprint density at radius 3 is 2.67 bits per heavy atom. The molecule has 3 heteroatoms. The lowest BCUT2D eigenvalue weighted by Gasteiger charge is -2.12. The Labute approximate surface area is 129 Å². The van der Waals surface area contributed by atoms with Crippen molar-refractivity contribution in [1.29, 1.82) is 0 Å². The molecule has 0 aliphatic heterocycles. The fraction of sp³-hybridized carbons (Fsp3) is 0.167. The Hall–Kier alpha value is -2.06. The Kier molecular flexibility index (Phi) is 4.07. The Balaban J connectivity index is 1.88. The summed E-state index contributed by atoms with van der Waals surface area (Å²) in [7, 11) is 0. The molecule has 0 fully saturated rings. The number of pyridine rings is 1. The summed E-state index contributed by atoms with van der Waals surface area (Å²) in [5.41, 5.74) is 4.71. The van der Waals surface area contributed by atoms with Crippen LogP contribution in [0.15, 0.2) is 54.7 Å². The van der Waals surface area contributed by atoms with Crippen molar-refractivity contribution in [1.82, 2.24) is 4.98 Å². The molecule has 0 aliphatic rings. The van der Waals surface area contributed by atoms with E-state index >= 15 is 0 Å². The molecular formula is C18H17ClN2. The molecule has 1 aromatic heterocycles. The smallest absolute Gasteiger partial charge is 0.0737 e. The van der Waals surface area contributed by atoms with E-state index in [1.807, 2.05) is 30.5 Å². The molecule has 0 spiro atoms. The van der Waals surface area contributed by atoms with Crippen LogP contribution in [0.5, 0.6) is 0 Å². The molecule has 0 atom stereocenters. The van der Waals surface area contributed by atoms with Crippen LogP contribution >= 0.6 is 11.6 Å². The van der Waals surface area contributed by atoms with Crippen molar-refractivity contribution in [2.24, 2.45) is 0 Å². The summed E-state index contributed by atoms with van der Waals surface area (Å²) >= 11 is 6.02. The largest absolute Gasteiger partial charge is 0.380 e. The lowest BCUT2D eigenvalue weighted by molar-refractivity contribution is 1.04. The van der Waals surface area contributed by atoms with Crippen LogP contribution in [0.4, 0.5) is 5.69 Å². The number of anilines is 1. The number of fused-ring (bicyclic) bond motifs is 1. The maximum Gasteiger partial charge on any atom is 0.0737 e. The van der Waals surface area contributed by atoms with Gasteiger partial charge in [-0.1, -0.05) is 42.8 Å². The molecule has 3 aromatic rings. The molecule has 2 aromatic carbocycles. The highest BCUT2D eigenvalue weighted by atomic mass is 35.5. The van der Waals surface area contributed by atoms with Crippen LogP contribution in [-0.2, 0) is 13.0 Å². The van der Waals surface area contributed by atoms with E-state index in [4.69, 9.17) is 11.6 Å². The van der Waals surface area contributed by atoms with Gasteiger partial charge in [0, 0.05) is 28.8 Å². The zero-order valence-electron chi connectivity index (χ0n) is 11.9. The first-order chi connectivity index (χ1) is 10.3. The molecule has 0 saturated carbocycles. The lowest BCUT2D eigenvalue weighted by Crippen LogP contribution is -2.03. The van der Waals surface area contributed by atoms with Gasteiger partial charge in [0.05, 0.1) is 5.52 Å². The van der Waals surface area contributed by atoms with Crippen LogP contribution in [0.3, 0.4) is 0 Å². The molecule has 0 unspecified atom stereocenters. The van der Waals surface area contributed by atoms with Crippen molar-refractivity contribution >= 4 is 28.2 Å². The lowest BCUT2D eigenvalue weighted by atomic mass is 10.1. The van der Waals surface area contributed by atoms with Crippen molar-refractivity contribution in [2.45, 2.75) is 19.9 Å². The van der Waals surface area contributed by atoms with E-state index in [1.54, 1.807) is 0 Å². The number of nitrogens with one attached hydrogen (secondary N) is 1. The quantitative estimate of drug-likeness (QED) is 0.727. The predicted octanol–water partition coefficient (Wildman–Crippen LogP) is 5.06. The minimum Gasteiger partial charge on any atom is -0.380 e. The Morgan fingerprint density at radius 2 is 1.86 bits per heavy atom. The normalized spacial score (nSPS) is 10.8. The van der Waals surface area contributed by atoms with Gasteiger partial charge < -0.3 is 5.32 Å². The summed E-state index contributed by atoms with van der Waals surface area (Å²) < 4.78 is 0. The maximum absolute atomic E-state index is 6.02. The first-order valence-electron chi connectivity index (χ1n) is 7.13. The van der Waals surface area contributed by atoms with Gasteiger partial charge in [-0.25, -0.2) is 0 Å². The van der Waals surface area contributed by atoms with Gasteiger partial charge in [0.1, 0.15) is 0 Å². The molecule has 21 heavy (non-hydrogen) atoms. The molecular weight excluding hydrogens is 280 g/mol. The summed E-state index contributed by atoms with van der Waals surface area (Å²) in [5.74, 6) is 0. The highest BCUT2D eigenvalue weighted by Gasteiger charge is 2.04. The number of aryl methyl sites for hydroxylation is 1. The summed E-state index contributed by atoms with van der Waals surface area (Å²) in [4.78, 5) is 4.37. The van der Waals surface area contributed by atoms with Crippen LogP contribution in [0, 0.1) is 0 Å². The molecule has 2 nitrogen and oxygen atoms in total. The first-order valence-corrected chi connectivity index (χ1v) is 7.50. The van der Waals surface area contributed by atoms with E-state index in [-0.39, 0.29) is 0 Å². The van der Waals surface area contributed by atoms with Crippen LogP contribution in [-0.4, -0.2) is 4.98 Å². The number of aromatic nitrogens is 1. The summed E-state index contributed by atoms with van der Waals surface area (Å²) in [6.07, 6.45) is 2.86. The van der Waals surface area contributed by atoms with E-state index in [9.17, 15) is 0 Å². The van der Waals surface area contributed by atoms with E-state index in [0.717, 1.165) is 29.6 Å². The predicted molar refractivity (Wildman–Crippen MR) is 89.9 cm³/mol. The molecule has 0 saturated heterocycles. The average Bonchev–Trinajstić information content (AvgIpc) is 2.52. The standard InChI is InChI=1S/C18H17ClN2/c1-2-13-5-3-4-6-14(13)12-21-17-9-10-20-18-11-15(19)7-8-16(17)18/h3-11H,2,12H2,1H3,(H,20,21). The topological polar surface area (TPSA) is 24.9 Å². The monoisotopic (exact) mass is 296 g/mol. The van der Waals surface area contributed by atoms with Crippen LogP contribution in [0.1, 0.15) is 18.1 Å². The number of benzene rings is 2. The summed E-state index contributed by atoms with van der Waals surface area (Å²) in [6.45, 7) is 2.99. The molecule has 0 radical (unpaired) electrons. The second-order valence-corrected chi connectivity index (χ2v) is 5.43. The van der Waals surface area contributed by atoms with Gasteiger partial charge in [0.15, 0.2) is 0 Å². The van der Waals surface area contributed by atoms with Gasteiger partial charge in [0.25, 0.3) is 0 Å². The molecule has 106 valence electrons. The number of hydrogen-bond donors (Lipinski definition) is 1. The van der Waals surface area contributed by atoms with Gasteiger partial charge in [-0.2, -0.15) is 0 Å². The average molecular weight is 297 g/mol. The maximum atomic E-state index is 6.02. The summed E-state index contributed by atoms with van der Waals surface area (Å²) in [5, 5.41) is 5.32. The van der Waals surface area contributed by atoms with E-state index in [0.29, 0.717) is 5.02 Å². The second-order valence-electron chi connectivity index (χ2n) is 5.00. The first kappa shape index (κ1) is 13.9. The number of halogens is 1. The van der Waals surface area contributed by atoms with Gasteiger partial charge >= 0.3 is 0 Å². The number of rotatable bonds is 4. The molecule has 0 bridgehead atoms. The SMILES string of the molecule is CCc1ccccc1CNc1ccnc2cc(Cl)ccc12. The van der Waals surface area contributed by atoms with Gasteiger partial charge in [-0.05, 0) is 41.8 Å². The number of hydrogen-bond acceptors (Lipinski definition) is 2. The van der Waals surface area contributed by atoms with Crippen LogP contribution in [0.25, 0.3) is 10.9 Å². The molecule has 0 amide bonds. The third kappa shape index (κ3) is 3.01. The molecule has 0 aliphatic carbocycles. The van der Waals surface area contributed by atoms with E-state index < -0.39 is 0 Å². The zero-order chi connectivity index (χ0) is 14.7. The highest BCUT2D eigenvalue weighted by Crippen LogP contribution is 2.25. The van der Waals surface area contributed by atoms with Gasteiger partial charge in [-0.15, -0.1) is 0 Å². The minimum absolute atomic E-state index is 0.712. The number of nitrogens with zero attached hydrogens (tertiary/aromatic N) is 1. The van der Waals surface area contributed by atoms with Crippen molar-refractivity contribution < 1.29 is 0 Å². The van der Waals surface area contributed by atoms with E-state index in [2.05, 4.69) is 41.5 Å². The third-order valence-corrected chi connectivity index (χ3v) is 3.91. The zero-order valence-corrected chi connectivity index (χ0v) is 12.7. The third-order valence-electron chi connectivity index (χ3n) is 3.67. The van der Waals surface area contributed by atoms with Crippen LogP contribution in [0.2, 0.25) is 5.02 Å². The molecule has 1 heterocycles. The Morgan fingerprint density at radius 1 is 1.05 bits per heavy atom. The fourth-order valence-corrected chi connectivity index (χ4v) is 2.71. The minimum atomic E-state index is 0.712. The Bertz CT molecular complexity index is 768. The second kappa shape index (κ2) is 6.15. The highest BCUT2D eigenvalue weighted by molar-refractivity contribution is 6.31. The fourth-order valence-electron chi connectivity index (χ4n) is 2.54. The van der Waals surface area contributed by atoms with Gasteiger partial charge in [-0.3, -0.25) is 4.98 Å².